The van der Waals surface area contributed by atoms with E-state index in [1.165, 1.54) is 5.56 Å². The van der Waals surface area contributed by atoms with Gasteiger partial charge < -0.3 is 9.32 Å². The molecule has 0 N–H and O–H groups in total. The smallest absolute Gasteiger partial charge is 0.254 e. The fourth-order valence-corrected chi connectivity index (χ4v) is 4.88. The van der Waals surface area contributed by atoms with Crippen molar-refractivity contribution in [3.63, 3.8) is 0 Å². The predicted molar refractivity (Wildman–Crippen MR) is 127 cm³/mol. The van der Waals surface area contributed by atoms with Crippen LogP contribution < -0.4 is 0 Å². The van der Waals surface area contributed by atoms with Gasteiger partial charge in [0.05, 0.1) is 12.0 Å². The standard InChI is InChI=1S/C26H25N3O2S/c30-26(23-10-5-4-9-21(23)17-20-7-2-1-3-8-20)29-14-12-28(13-15-29)18-22-19-32-25(27-22)24-11-6-16-31-24/h1-11,16,19H,12-15,17-18H2. The second-order valence-electron chi connectivity index (χ2n) is 8.01. The number of amides is 1. The number of rotatable bonds is 6. The summed E-state index contributed by atoms with van der Waals surface area (Å²) in [5.74, 6) is 0.941. The molecule has 1 aliphatic heterocycles. The van der Waals surface area contributed by atoms with Gasteiger partial charge in [0.2, 0.25) is 0 Å². The molecular formula is C26H25N3O2S. The van der Waals surface area contributed by atoms with Crippen LogP contribution in [0.4, 0.5) is 0 Å². The minimum Gasteiger partial charge on any atom is -0.462 e. The molecule has 1 amide bonds. The summed E-state index contributed by atoms with van der Waals surface area (Å²) in [6.45, 7) is 3.95. The van der Waals surface area contributed by atoms with Gasteiger partial charge in [0.15, 0.2) is 10.8 Å². The molecule has 32 heavy (non-hydrogen) atoms. The number of carbonyl (C=O) groups excluding carboxylic acids is 1. The number of thiazole rings is 1. The van der Waals surface area contributed by atoms with Crippen molar-refractivity contribution in [2.24, 2.45) is 0 Å². The Bertz CT molecular complexity index is 1160. The molecular weight excluding hydrogens is 418 g/mol. The molecule has 0 spiro atoms. The van der Waals surface area contributed by atoms with Gasteiger partial charge >= 0.3 is 0 Å². The zero-order valence-corrected chi connectivity index (χ0v) is 18.6. The van der Waals surface area contributed by atoms with Crippen LogP contribution in [-0.2, 0) is 13.0 Å². The molecule has 5 nitrogen and oxygen atoms in total. The van der Waals surface area contributed by atoms with Crippen molar-refractivity contribution in [2.75, 3.05) is 26.2 Å². The summed E-state index contributed by atoms with van der Waals surface area (Å²) in [6, 6.07) is 22.1. The highest BCUT2D eigenvalue weighted by Gasteiger charge is 2.24. The molecule has 162 valence electrons. The highest BCUT2D eigenvalue weighted by atomic mass is 32.1. The number of carbonyl (C=O) groups is 1. The van der Waals surface area contributed by atoms with Crippen molar-refractivity contribution >= 4 is 17.2 Å². The molecule has 4 aromatic rings. The SMILES string of the molecule is O=C(c1ccccc1Cc1ccccc1)N1CCN(Cc2csc(-c3ccco3)n2)CC1. The van der Waals surface area contributed by atoms with Gasteiger partial charge in [-0.3, -0.25) is 9.69 Å². The van der Waals surface area contributed by atoms with Crippen LogP contribution in [0.1, 0.15) is 27.2 Å². The molecule has 1 aliphatic rings. The third kappa shape index (κ3) is 4.66. The van der Waals surface area contributed by atoms with Gasteiger partial charge in [-0.25, -0.2) is 4.98 Å². The van der Waals surface area contributed by atoms with Gasteiger partial charge in [-0.2, -0.15) is 0 Å². The normalized spacial score (nSPS) is 14.6. The number of benzene rings is 2. The third-order valence-electron chi connectivity index (χ3n) is 5.81. The Labute approximate surface area is 191 Å². The van der Waals surface area contributed by atoms with Gasteiger partial charge in [0.25, 0.3) is 5.91 Å². The number of hydrogen-bond acceptors (Lipinski definition) is 5. The van der Waals surface area contributed by atoms with Crippen molar-refractivity contribution in [1.82, 2.24) is 14.8 Å². The summed E-state index contributed by atoms with van der Waals surface area (Å²) >= 11 is 1.60. The van der Waals surface area contributed by atoms with Crippen LogP contribution in [0, 0.1) is 0 Å². The molecule has 0 saturated carbocycles. The van der Waals surface area contributed by atoms with Gasteiger partial charge in [-0.05, 0) is 35.7 Å². The summed E-state index contributed by atoms with van der Waals surface area (Å²) in [7, 11) is 0. The molecule has 1 fully saturated rings. The van der Waals surface area contributed by atoms with Crippen LogP contribution in [0.15, 0.2) is 82.8 Å². The van der Waals surface area contributed by atoms with E-state index in [4.69, 9.17) is 9.40 Å². The fourth-order valence-electron chi connectivity index (χ4n) is 4.10. The lowest BCUT2D eigenvalue weighted by Gasteiger charge is -2.34. The number of furan rings is 1. The molecule has 0 atom stereocenters. The number of nitrogens with zero attached hydrogens (tertiary/aromatic N) is 3. The Kier molecular flexibility index (Phi) is 6.14. The van der Waals surface area contributed by atoms with E-state index in [9.17, 15) is 4.79 Å². The molecule has 0 aliphatic carbocycles. The first-order valence-electron chi connectivity index (χ1n) is 10.9. The van der Waals surface area contributed by atoms with E-state index in [1.54, 1.807) is 17.6 Å². The zero-order valence-electron chi connectivity index (χ0n) is 17.8. The minimum atomic E-state index is 0.130. The summed E-state index contributed by atoms with van der Waals surface area (Å²) in [5, 5.41) is 3.00. The van der Waals surface area contributed by atoms with Gasteiger partial charge in [0.1, 0.15) is 0 Å². The number of piperazine rings is 1. The van der Waals surface area contributed by atoms with Crippen molar-refractivity contribution in [2.45, 2.75) is 13.0 Å². The monoisotopic (exact) mass is 443 g/mol. The molecule has 1 saturated heterocycles. The van der Waals surface area contributed by atoms with Crippen LogP contribution in [0.3, 0.4) is 0 Å². The van der Waals surface area contributed by atoms with E-state index >= 15 is 0 Å². The molecule has 0 bridgehead atoms. The molecule has 2 aromatic heterocycles. The van der Waals surface area contributed by atoms with Gasteiger partial charge in [0, 0.05) is 43.7 Å². The van der Waals surface area contributed by atoms with Gasteiger partial charge in [-0.15, -0.1) is 11.3 Å². The minimum absolute atomic E-state index is 0.130. The predicted octanol–water partition coefficient (Wildman–Crippen LogP) is 4.95. The first-order valence-corrected chi connectivity index (χ1v) is 11.8. The second-order valence-corrected chi connectivity index (χ2v) is 8.87. The van der Waals surface area contributed by atoms with Crippen molar-refractivity contribution in [1.29, 1.82) is 0 Å². The van der Waals surface area contributed by atoms with E-state index in [-0.39, 0.29) is 5.91 Å². The number of aromatic nitrogens is 1. The molecule has 0 radical (unpaired) electrons. The van der Waals surface area contributed by atoms with Crippen LogP contribution in [0.2, 0.25) is 0 Å². The summed E-state index contributed by atoms with van der Waals surface area (Å²) in [6.07, 6.45) is 2.44. The summed E-state index contributed by atoms with van der Waals surface area (Å²) in [4.78, 5) is 22.3. The van der Waals surface area contributed by atoms with E-state index in [2.05, 4.69) is 28.5 Å². The first-order chi connectivity index (χ1) is 15.8. The summed E-state index contributed by atoms with van der Waals surface area (Å²) < 4.78 is 5.44. The Hall–Kier alpha value is -3.22. The van der Waals surface area contributed by atoms with Crippen LogP contribution in [0.5, 0.6) is 0 Å². The lowest BCUT2D eigenvalue weighted by molar-refractivity contribution is 0.0626. The van der Waals surface area contributed by atoms with E-state index < -0.39 is 0 Å². The van der Waals surface area contributed by atoms with Crippen LogP contribution >= 0.6 is 11.3 Å². The molecule has 3 heterocycles. The maximum Gasteiger partial charge on any atom is 0.254 e. The summed E-state index contributed by atoms with van der Waals surface area (Å²) in [5.41, 5.74) is 4.16. The highest BCUT2D eigenvalue weighted by Crippen LogP contribution is 2.25. The van der Waals surface area contributed by atoms with E-state index in [1.807, 2.05) is 53.4 Å². The number of hydrogen-bond donors (Lipinski definition) is 0. The first kappa shape index (κ1) is 20.7. The second kappa shape index (κ2) is 9.51. The largest absolute Gasteiger partial charge is 0.462 e. The Morgan fingerprint density at radius 3 is 2.50 bits per heavy atom. The van der Waals surface area contributed by atoms with Crippen molar-refractivity contribution < 1.29 is 9.21 Å². The lowest BCUT2D eigenvalue weighted by Crippen LogP contribution is -2.48. The fraction of sp³-hybridized carbons (Fsp3) is 0.231. The average Bonchev–Trinajstić information content (AvgIpc) is 3.53. The molecule has 2 aromatic carbocycles. The maximum atomic E-state index is 13.3. The van der Waals surface area contributed by atoms with Crippen molar-refractivity contribution in [3.05, 3.63) is 101 Å². The quantitative estimate of drug-likeness (QED) is 0.423. The van der Waals surface area contributed by atoms with Crippen LogP contribution in [-0.4, -0.2) is 46.9 Å². The average molecular weight is 444 g/mol. The zero-order chi connectivity index (χ0) is 21.8. The lowest BCUT2D eigenvalue weighted by atomic mass is 9.99. The van der Waals surface area contributed by atoms with E-state index in [0.717, 1.165) is 66.7 Å². The Morgan fingerprint density at radius 2 is 1.72 bits per heavy atom. The van der Waals surface area contributed by atoms with Crippen LogP contribution in [0.25, 0.3) is 10.8 Å². The van der Waals surface area contributed by atoms with Crippen molar-refractivity contribution in [3.8, 4) is 10.8 Å². The Balaban J connectivity index is 1.20. The highest BCUT2D eigenvalue weighted by molar-refractivity contribution is 7.13. The van der Waals surface area contributed by atoms with E-state index in [0.29, 0.717) is 0 Å². The third-order valence-corrected chi connectivity index (χ3v) is 6.72. The van der Waals surface area contributed by atoms with Gasteiger partial charge in [-0.1, -0.05) is 48.5 Å². The topological polar surface area (TPSA) is 49.6 Å². The molecule has 0 unspecified atom stereocenters. The maximum absolute atomic E-state index is 13.3. The Morgan fingerprint density at radius 1 is 0.938 bits per heavy atom. The molecule has 5 rings (SSSR count). The molecule has 6 heteroatoms.